The SMILES string of the molecule is Oc1ccc(C(c2nnnn2C2CCCCC2)N2CCN(c3nc4ccccc4s3)CC2)cc1. The summed E-state index contributed by atoms with van der Waals surface area (Å²) in [4.78, 5) is 9.72. The number of thiazole rings is 1. The zero-order valence-corrected chi connectivity index (χ0v) is 19.9. The second-order valence-corrected chi connectivity index (χ2v) is 10.3. The first-order chi connectivity index (χ1) is 16.8. The van der Waals surface area contributed by atoms with Gasteiger partial charge in [-0.2, -0.15) is 0 Å². The molecule has 176 valence electrons. The van der Waals surface area contributed by atoms with Crippen molar-refractivity contribution in [3.8, 4) is 5.75 Å². The van der Waals surface area contributed by atoms with Crippen molar-refractivity contribution < 1.29 is 5.11 Å². The number of phenols is 1. The quantitative estimate of drug-likeness (QED) is 0.458. The van der Waals surface area contributed by atoms with E-state index in [2.05, 4.69) is 48.2 Å². The van der Waals surface area contributed by atoms with E-state index in [0.717, 1.165) is 61.1 Å². The number of rotatable bonds is 5. The first-order valence-corrected chi connectivity index (χ1v) is 13.0. The van der Waals surface area contributed by atoms with Gasteiger partial charge in [-0.25, -0.2) is 9.67 Å². The fourth-order valence-corrected chi connectivity index (χ4v) is 6.33. The summed E-state index contributed by atoms with van der Waals surface area (Å²) in [6, 6.07) is 16.2. The lowest BCUT2D eigenvalue weighted by Crippen LogP contribution is -2.48. The molecule has 1 aliphatic heterocycles. The molecule has 2 aliphatic rings. The Labute approximate surface area is 202 Å². The van der Waals surface area contributed by atoms with Crippen molar-refractivity contribution in [3.05, 3.63) is 59.9 Å². The Bertz CT molecular complexity index is 1210. The van der Waals surface area contributed by atoms with Crippen molar-refractivity contribution in [1.29, 1.82) is 0 Å². The standard InChI is InChI=1S/C25H29N7OS/c33-20-12-10-18(11-13-20)23(24-27-28-29-32(24)19-6-2-1-3-7-19)30-14-16-31(17-15-30)25-26-21-8-4-5-9-22(21)34-25/h4-5,8-13,19,23,33H,1-3,6-7,14-17H2. The predicted octanol–water partition coefficient (Wildman–Crippen LogP) is 4.41. The highest BCUT2D eigenvalue weighted by atomic mass is 32.1. The lowest BCUT2D eigenvalue weighted by atomic mass is 9.95. The lowest BCUT2D eigenvalue weighted by molar-refractivity contribution is 0.193. The Hall–Kier alpha value is -3.04. The number of benzene rings is 2. The summed E-state index contributed by atoms with van der Waals surface area (Å²) < 4.78 is 3.31. The second-order valence-electron chi connectivity index (χ2n) is 9.25. The lowest BCUT2D eigenvalue weighted by Gasteiger charge is -2.39. The van der Waals surface area contributed by atoms with Crippen LogP contribution in [0.2, 0.25) is 0 Å². The topological polar surface area (TPSA) is 83.2 Å². The van der Waals surface area contributed by atoms with E-state index in [0.29, 0.717) is 6.04 Å². The van der Waals surface area contributed by atoms with Crippen LogP contribution < -0.4 is 4.90 Å². The number of hydrogen-bond donors (Lipinski definition) is 1. The minimum absolute atomic E-state index is 0.0463. The molecule has 3 heterocycles. The molecule has 2 fully saturated rings. The fraction of sp³-hybridized carbons (Fsp3) is 0.440. The van der Waals surface area contributed by atoms with Gasteiger partial charge in [0.15, 0.2) is 11.0 Å². The van der Waals surface area contributed by atoms with Gasteiger partial charge in [-0.15, -0.1) is 5.10 Å². The molecule has 1 N–H and O–H groups in total. The number of piperazine rings is 1. The molecule has 4 aromatic rings. The number of aromatic hydroxyl groups is 1. The highest BCUT2D eigenvalue weighted by Gasteiger charge is 2.33. The van der Waals surface area contributed by atoms with Crippen molar-refractivity contribution in [2.45, 2.75) is 44.2 Å². The molecule has 1 unspecified atom stereocenters. The summed E-state index contributed by atoms with van der Waals surface area (Å²) in [5, 5.41) is 24.1. The van der Waals surface area contributed by atoms with Crippen LogP contribution in [0.3, 0.4) is 0 Å². The molecule has 1 atom stereocenters. The minimum atomic E-state index is -0.0463. The van der Waals surface area contributed by atoms with Crippen LogP contribution in [0.4, 0.5) is 5.13 Å². The zero-order valence-electron chi connectivity index (χ0n) is 19.1. The Kier molecular flexibility index (Phi) is 5.88. The first kappa shape index (κ1) is 21.5. The smallest absolute Gasteiger partial charge is 0.186 e. The molecular weight excluding hydrogens is 446 g/mol. The summed E-state index contributed by atoms with van der Waals surface area (Å²) in [6.07, 6.45) is 6.02. The Morgan fingerprint density at radius 2 is 1.68 bits per heavy atom. The number of aromatic nitrogens is 5. The van der Waals surface area contributed by atoms with E-state index in [1.807, 2.05) is 18.2 Å². The monoisotopic (exact) mass is 475 g/mol. The third-order valence-corrected chi connectivity index (χ3v) is 8.22. The summed E-state index contributed by atoms with van der Waals surface area (Å²) >= 11 is 1.76. The fourth-order valence-electron chi connectivity index (χ4n) is 5.31. The molecule has 9 heteroatoms. The van der Waals surface area contributed by atoms with Crippen LogP contribution in [0.5, 0.6) is 5.75 Å². The van der Waals surface area contributed by atoms with Crippen molar-refractivity contribution in [1.82, 2.24) is 30.1 Å². The maximum atomic E-state index is 9.89. The van der Waals surface area contributed by atoms with Crippen LogP contribution >= 0.6 is 11.3 Å². The third-order valence-electron chi connectivity index (χ3n) is 7.12. The van der Waals surface area contributed by atoms with Crippen molar-refractivity contribution in [2.24, 2.45) is 0 Å². The molecule has 0 amide bonds. The van der Waals surface area contributed by atoms with E-state index < -0.39 is 0 Å². The van der Waals surface area contributed by atoms with Gasteiger partial charge in [-0.1, -0.05) is 54.9 Å². The van der Waals surface area contributed by atoms with E-state index in [4.69, 9.17) is 4.98 Å². The summed E-state index contributed by atoms with van der Waals surface area (Å²) in [6.45, 7) is 3.58. The number of phenolic OH excluding ortho intramolecular Hbond substituents is 1. The van der Waals surface area contributed by atoms with Gasteiger partial charge in [-0.3, -0.25) is 4.90 Å². The molecule has 1 saturated heterocycles. The van der Waals surface area contributed by atoms with Crippen LogP contribution in [0, 0.1) is 0 Å². The van der Waals surface area contributed by atoms with Crippen LogP contribution in [-0.2, 0) is 0 Å². The van der Waals surface area contributed by atoms with E-state index in [9.17, 15) is 5.11 Å². The largest absolute Gasteiger partial charge is 0.508 e. The van der Waals surface area contributed by atoms with Crippen LogP contribution in [0.25, 0.3) is 10.2 Å². The molecule has 2 aromatic heterocycles. The summed E-state index contributed by atoms with van der Waals surface area (Å²) in [7, 11) is 0. The number of fused-ring (bicyclic) bond motifs is 1. The second kappa shape index (κ2) is 9.31. The summed E-state index contributed by atoms with van der Waals surface area (Å²) in [5.41, 5.74) is 2.18. The zero-order chi connectivity index (χ0) is 22.9. The molecule has 2 aromatic carbocycles. The molecule has 1 aliphatic carbocycles. The van der Waals surface area contributed by atoms with Gasteiger partial charge >= 0.3 is 0 Å². The van der Waals surface area contributed by atoms with Crippen LogP contribution in [-0.4, -0.2) is 61.4 Å². The average Bonchev–Trinajstić information content (AvgIpc) is 3.54. The Balaban J connectivity index is 1.27. The predicted molar refractivity (Wildman–Crippen MR) is 133 cm³/mol. The highest BCUT2D eigenvalue weighted by Crippen LogP contribution is 2.35. The molecule has 0 bridgehead atoms. The number of anilines is 1. The maximum Gasteiger partial charge on any atom is 0.186 e. The molecule has 6 rings (SSSR count). The van der Waals surface area contributed by atoms with Crippen LogP contribution in [0.1, 0.15) is 55.6 Å². The van der Waals surface area contributed by atoms with Crippen LogP contribution in [0.15, 0.2) is 48.5 Å². The van der Waals surface area contributed by atoms with Gasteiger partial charge in [0.05, 0.1) is 22.3 Å². The van der Waals surface area contributed by atoms with Gasteiger partial charge < -0.3 is 10.0 Å². The molecule has 8 nitrogen and oxygen atoms in total. The first-order valence-electron chi connectivity index (χ1n) is 12.2. The number of para-hydroxylation sites is 1. The molecule has 0 spiro atoms. The number of nitrogens with zero attached hydrogens (tertiary/aromatic N) is 7. The van der Waals surface area contributed by atoms with Gasteiger partial charge in [0.25, 0.3) is 0 Å². The molecule has 0 radical (unpaired) electrons. The van der Waals surface area contributed by atoms with Gasteiger partial charge in [-0.05, 0) is 53.1 Å². The maximum absolute atomic E-state index is 9.89. The average molecular weight is 476 g/mol. The number of hydrogen-bond acceptors (Lipinski definition) is 8. The van der Waals surface area contributed by atoms with Crippen molar-refractivity contribution >= 4 is 26.7 Å². The van der Waals surface area contributed by atoms with Gasteiger partial charge in [0.1, 0.15) is 5.75 Å². The normalized spacial score (nSPS) is 19.0. The summed E-state index contributed by atoms with van der Waals surface area (Å²) in [5.74, 6) is 1.18. The molecule has 1 saturated carbocycles. The Morgan fingerprint density at radius 3 is 2.44 bits per heavy atom. The minimum Gasteiger partial charge on any atom is -0.508 e. The third kappa shape index (κ3) is 4.14. The molecular formula is C25H29N7OS. The van der Waals surface area contributed by atoms with Crippen molar-refractivity contribution in [3.63, 3.8) is 0 Å². The van der Waals surface area contributed by atoms with Gasteiger partial charge in [0, 0.05) is 26.2 Å². The van der Waals surface area contributed by atoms with Crippen molar-refractivity contribution in [2.75, 3.05) is 31.1 Å². The van der Waals surface area contributed by atoms with E-state index in [1.165, 1.54) is 24.0 Å². The van der Waals surface area contributed by atoms with Gasteiger partial charge in [0.2, 0.25) is 0 Å². The van der Waals surface area contributed by atoms with E-state index >= 15 is 0 Å². The van der Waals surface area contributed by atoms with E-state index in [1.54, 1.807) is 23.5 Å². The number of tetrazole rings is 1. The highest BCUT2D eigenvalue weighted by molar-refractivity contribution is 7.22. The van der Waals surface area contributed by atoms with E-state index in [-0.39, 0.29) is 11.8 Å². The molecule has 34 heavy (non-hydrogen) atoms. The Morgan fingerprint density at radius 1 is 0.912 bits per heavy atom.